The number of amides is 2. The van der Waals surface area contributed by atoms with Gasteiger partial charge in [0.05, 0.1) is 26.8 Å². The summed E-state index contributed by atoms with van der Waals surface area (Å²) in [6, 6.07) is 4.13. The first-order valence-corrected chi connectivity index (χ1v) is 7.86. The Kier molecular flexibility index (Phi) is 4.92. The van der Waals surface area contributed by atoms with Gasteiger partial charge in [-0.1, -0.05) is 0 Å². The van der Waals surface area contributed by atoms with Gasteiger partial charge in [0.25, 0.3) is 0 Å². The Balaban J connectivity index is 1.80. The van der Waals surface area contributed by atoms with Gasteiger partial charge in [0.2, 0.25) is 5.91 Å². The summed E-state index contributed by atoms with van der Waals surface area (Å²) in [5.74, 6) is 0.937. The number of rotatable bonds is 7. The minimum absolute atomic E-state index is 0.281. The minimum Gasteiger partial charge on any atom is -0.497 e. The Morgan fingerprint density at radius 3 is 2.77 bits per heavy atom. The Hall–Kier alpha value is -3.30. The lowest BCUT2D eigenvalue weighted by molar-refractivity contribution is -0.153. The van der Waals surface area contributed by atoms with Crippen LogP contribution in [0.1, 0.15) is 5.56 Å². The quantitative estimate of drug-likeness (QED) is 0.683. The summed E-state index contributed by atoms with van der Waals surface area (Å²) in [5.41, 5.74) is 0.791. The van der Waals surface area contributed by atoms with E-state index in [9.17, 15) is 9.59 Å². The number of methoxy groups -OCH3 is 2. The molecule has 0 radical (unpaired) electrons. The van der Waals surface area contributed by atoms with Crippen molar-refractivity contribution < 1.29 is 24.2 Å². The van der Waals surface area contributed by atoms with Crippen LogP contribution < -0.4 is 14.8 Å². The van der Waals surface area contributed by atoms with Crippen molar-refractivity contribution >= 4 is 12.0 Å². The van der Waals surface area contributed by atoms with Crippen LogP contribution in [0.5, 0.6) is 11.5 Å². The molecule has 138 valence electrons. The minimum atomic E-state index is -1.24. The molecule has 2 N–H and O–H groups in total. The average molecular weight is 361 g/mol. The maximum atomic E-state index is 12.5. The molecular formula is C16H19N5O5. The van der Waals surface area contributed by atoms with E-state index < -0.39 is 12.1 Å². The number of carboxylic acid groups (broad SMARTS) is 1. The number of hydrogen-bond donors (Lipinski definition) is 2. The molecule has 2 amide bonds. The number of benzene rings is 1. The van der Waals surface area contributed by atoms with Crippen LogP contribution in [0.3, 0.4) is 0 Å². The monoisotopic (exact) mass is 361 g/mol. The molecular weight excluding hydrogens is 342 g/mol. The van der Waals surface area contributed by atoms with Crippen molar-refractivity contribution in [1.82, 2.24) is 25.0 Å². The van der Waals surface area contributed by atoms with E-state index in [0.29, 0.717) is 18.0 Å². The zero-order valence-electron chi connectivity index (χ0n) is 14.3. The predicted octanol–water partition coefficient (Wildman–Crippen LogP) is 0.343. The topological polar surface area (TPSA) is 119 Å². The summed E-state index contributed by atoms with van der Waals surface area (Å²) in [5, 5.41) is 15.3. The van der Waals surface area contributed by atoms with Gasteiger partial charge in [0.1, 0.15) is 30.2 Å². The smallest absolute Gasteiger partial charge is 0.405 e. The molecule has 0 aliphatic carbocycles. The highest BCUT2D eigenvalue weighted by Gasteiger charge is 2.48. The summed E-state index contributed by atoms with van der Waals surface area (Å²) in [6.45, 7) is 0.609. The van der Waals surface area contributed by atoms with E-state index in [1.807, 2.05) is 6.07 Å². The molecule has 1 aromatic heterocycles. The Morgan fingerprint density at radius 2 is 2.15 bits per heavy atom. The fourth-order valence-corrected chi connectivity index (χ4v) is 2.98. The molecule has 26 heavy (non-hydrogen) atoms. The van der Waals surface area contributed by atoms with Crippen molar-refractivity contribution in [2.24, 2.45) is 0 Å². The van der Waals surface area contributed by atoms with Crippen molar-refractivity contribution in [3.05, 3.63) is 36.4 Å². The van der Waals surface area contributed by atoms with Crippen LogP contribution in [0.15, 0.2) is 30.9 Å². The third-order valence-electron chi connectivity index (χ3n) is 4.29. The number of nitrogens with one attached hydrogen (secondary N) is 1. The lowest BCUT2D eigenvalue weighted by Gasteiger charge is -2.46. The standard InChI is InChI=1S/C16H19N5O5/c1-25-11-4-3-10(13(5-11)26-2)6-21-12(7-20-9-17-8-18-20)14(15(21)22)19-16(23)24/h3-5,8-9,12,14,19H,6-7H2,1-2H3,(H,23,24)/t12-,14+/m1/s1. The zero-order valence-corrected chi connectivity index (χ0v) is 14.3. The highest BCUT2D eigenvalue weighted by Crippen LogP contribution is 2.30. The van der Waals surface area contributed by atoms with Crippen molar-refractivity contribution in [2.75, 3.05) is 14.2 Å². The molecule has 10 heteroatoms. The van der Waals surface area contributed by atoms with Crippen LogP contribution in [0.25, 0.3) is 0 Å². The number of nitrogens with zero attached hydrogens (tertiary/aromatic N) is 4. The van der Waals surface area contributed by atoms with Crippen molar-refractivity contribution in [3.8, 4) is 11.5 Å². The molecule has 3 rings (SSSR count). The van der Waals surface area contributed by atoms with Crippen LogP contribution in [0.4, 0.5) is 4.79 Å². The highest BCUT2D eigenvalue weighted by molar-refractivity contribution is 5.92. The largest absolute Gasteiger partial charge is 0.497 e. The van der Waals surface area contributed by atoms with Gasteiger partial charge in [0.15, 0.2) is 0 Å². The maximum absolute atomic E-state index is 12.5. The molecule has 1 fully saturated rings. The molecule has 1 aromatic carbocycles. The molecule has 0 unspecified atom stereocenters. The summed E-state index contributed by atoms with van der Waals surface area (Å²) in [4.78, 5) is 28.9. The Labute approximate surface area is 149 Å². The fourth-order valence-electron chi connectivity index (χ4n) is 2.98. The second-order valence-electron chi connectivity index (χ2n) is 5.76. The van der Waals surface area contributed by atoms with E-state index in [1.54, 1.807) is 28.8 Å². The molecule has 10 nitrogen and oxygen atoms in total. The fraction of sp³-hybridized carbons (Fsp3) is 0.375. The number of β-lactam (4-membered cyclic amide) rings is 1. The first-order chi connectivity index (χ1) is 12.5. The first-order valence-electron chi connectivity index (χ1n) is 7.86. The third-order valence-corrected chi connectivity index (χ3v) is 4.29. The van der Waals surface area contributed by atoms with Crippen LogP contribution in [-0.2, 0) is 17.9 Å². The number of ether oxygens (including phenoxy) is 2. The van der Waals surface area contributed by atoms with Gasteiger partial charge < -0.3 is 24.8 Å². The Bertz CT molecular complexity index is 794. The second kappa shape index (κ2) is 7.30. The average Bonchev–Trinajstić information content (AvgIpc) is 3.16. The second-order valence-corrected chi connectivity index (χ2v) is 5.76. The van der Waals surface area contributed by atoms with Gasteiger partial charge >= 0.3 is 6.09 Å². The molecule has 1 aliphatic rings. The number of carbonyl (C=O) groups is 2. The number of hydrogen-bond acceptors (Lipinski definition) is 6. The number of likely N-dealkylation sites (tertiary alicyclic amines) is 1. The molecule has 0 spiro atoms. The van der Waals surface area contributed by atoms with Gasteiger partial charge in [-0.05, 0) is 12.1 Å². The SMILES string of the molecule is COc1ccc(CN2C(=O)[C@@H](NC(=O)O)[C@H]2Cn2cncn2)c(OC)c1. The van der Waals surface area contributed by atoms with E-state index in [0.717, 1.165) is 5.56 Å². The van der Waals surface area contributed by atoms with Gasteiger partial charge in [-0.15, -0.1) is 0 Å². The van der Waals surface area contributed by atoms with Crippen molar-refractivity contribution in [3.63, 3.8) is 0 Å². The first kappa shape index (κ1) is 17.5. The van der Waals surface area contributed by atoms with E-state index in [2.05, 4.69) is 15.4 Å². The maximum Gasteiger partial charge on any atom is 0.405 e. The van der Waals surface area contributed by atoms with Gasteiger partial charge in [-0.2, -0.15) is 5.10 Å². The molecule has 2 aromatic rings. The number of carbonyl (C=O) groups excluding carboxylic acids is 1. The molecule has 1 saturated heterocycles. The van der Waals surface area contributed by atoms with Crippen molar-refractivity contribution in [2.45, 2.75) is 25.2 Å². The van der Waals surface area contributed by atoms with Crippen molar-refractivity contribution in [1.29, 1.82) is 0 Å². The summed E-state index contributed by atoms with van der Waals surface area (Å²) >= 11 is 0. The lowest BCUT2D eigenvalue weighted by atomic mass is 9.93. The van der Waals surface area contributed by atoms with Crippen LogP contribution in [0.2, 0.25) is 0 Å². The number of aromatic nitrogens is 3. The molecule has 0 bridgehead atoms. The zero-order chi connectivity index (χ0) is 18.7. The van der Waals surface area contributed by atoms with Gasteiger partial charge in [0, 0.05) is 18.2 Å². The van der Waals surface area contributed by atoms with Crippen LogP contribution in [0, 0.1) is 0 Å². The van der Waals surface area contributed by atoms with E-state index >= 15 is 0 Å². The molecule has 1 aliphatic heterocycles. The highest BCUT2D eigenvalue weighted by atomic mass is 16.5. The van der Waals surface area contributed by atoms with E-state index in [1.165, 1.54) is 19.8 Å². The lowest BCUT2D eigenvalue weighted by Crippen LogP contribution is -2.71. The summed E-state index contributed by atoms with van der Waals surface area (Å²) in [7, 11) is 3.10. The van der Waals surface area contributed by atoms with E-state index in [-0.39, 0.29) is 18.5 Å². The summed E-state index contributed by atoms with van der Waals surface area (Å²) in [6.07, 6.45) is 1.66. The van der Waals surface area contributed by atoms with Crippen LogP contribution >= 0.6 is 0 Å². The van der Waals surface area contributed by atoms with E-state index in [4.69, 9.17) is 14.6 Å². The molecule has 0 saturated carbocycles. The predicted molar refractivity (Wildman–Crippen MR) is 88.9 cm³/mol. The third kappa shape index (κ3) is 3.39. The van der Waals surface area contributed by atoms with Gasteiger partial charge in [-0.3, -0.25) is 9.48 Å². The summed E-state index contributed by atoms with van der Waals surface area (Å²) < 4.78 is 12.1. The van der Waals surface area contributed by atoms with Gasteiger partial charge in [-0.25, -0.2) is 9.78 Å². The molecule has 2 heterocycles. The molecule has 2 atom stereocenters. The Morgan fingerprint density at radius 1 is 1.35 bits per heavy atom. The van der Waals surface area contributed by atoms with Crippen LogP contribution in [-0.4, -0.2) is 63.1 Å². The normalized spacial score (nSPS) is 19.0.